The Hall–Kier alpha value is -3.54. The SMILES string of the molecule is C=CCNC(=O)C(=O)C(CC1CC1)NC(=O)[C@@H]1[C@@H]2[C@H](CN1C(=O)[C@@H](NC(=O)[C@@H](NC(=O)c1cccs1)C1(C)CCCCC1)C1(C)CCCCC1)C2(C)C. The van der Waals surface area contributed by atoms with Gasteiger partial charge in [0.2, 0.25) is 23.5 Å². The topological polar surface area (TPSA) is 154 Å². The maximum Gasteiger partial charge on any atom is 0.289 e. The highest BCUT2D eigenvalue weighted by atomic mass is 32.1. The highest BCUT2D eigenvalue weighted by Gasteiger charge is 2.70. The molecule has 1 aromatic rings. The van der Waals surface area contributed by atoms with E-state index in [4.69, 9.17) is 0 Å². The Kier molecular flexibility index (Phi) is 11.6. The van der Waals surface area contributed by atoms with E-state index in [0.29, 0.717) is 17.8 Å². The number of carbonyl (C=O) groups excluding carboxylic acids is 6. The molecule has 0 radical (unpaired) electrons. The predicted octanol–water partition coefficient (Wildman–Crippen LogP) is 4.91. The first-order chi connectivity index (χ1) is 25.2. The molecule has 53 heavy (non-hydrogen) atoms. The van der Waals surface area contributed by atoms with E-state index in [9.17, 15) is 24.0 Å². The Balaban J connectivity index is 1.28. The normalized spacial score (nSPS) is 26.9. The van der Waals surface area contributed by atoms with Crippen LogP contribution in [0.15, 0.2) is 30.2 Å². The van der Waals surface area contributed by atoms with Crippen molar-refractivity contribution in [3.63, 3.8) is 0 Å². The predicted molar refractivity (Wildman–Crippen MR) is 204 cm³/mol. The molecular weight excluding hydrogens is 691 g/mol. The van der Waals surface area contributed by atoms with Crippen LogP contribution in [0.3, 0.4) is 0 Å². The van der Waals surface area contributed by atoms with Gasteiger partial charge in [-0.15, -0.1) is 17.9 Å². The lowest BCUT2D eigenvalue weighted by atomic mass is 9.68. The molecule has 1 aromatic heterocycles. The minimum atomic E-state index is -0.993. The third-order valence-electron chi connectivity index (χ3n) is 13.5. The van der Waals surface area contributed by atoms with Gasteiger partial charge in [0.25, 0.3) is 11.8 Å². The summed E-state index contributed by atoms with van der Waals surface area (Å²) in [4.78, 5) is 85.9. The van der Waals surface area contributed by atoms with E-state index in [1.807, 2.05) is 11.4 Å². The van der Waals surface area contributed by atoms with Gasteiger partial charge in [-0.2, -0.15) is 0 Å². The van der Waals surface area contributed by atoms with E-state index in [1.54, 1.807) is 11.0 Å². The summed E-state index contributed by atoms with van der Waals surface area (Å²) in [6.07, 6.45) is 12.7. The van der Waals surface area contributed by atoms with Crippen LogP contribution in [0.2, 0.25) is 0 Å². The molecule has 6 rings (SSSR count). The third kappa shape index (κ3) is 8.27. The number of amides is 5. The zero-order chi connectivity index (χ0) is 38.1. The lowest BCUT2D eigenvalue weighted by molar-refractivity contribution is -0.148. The molecule has 0 bridgehead atoms. The summed E-state index contributed by atoms with van der Waals surface area (Å²) in [5, 5.41) is 13.6. The standard InChI is InChI=1S/C41H59N5O6S/c1-6-21-42-36(50)31(47)27(23-25-15-16-25)43-35(49)30-29-26(39(29,2)3)24-46(30)38(52)33(41(5)19-11-8-12-20-41)45-37(51)32(40(4)17-9-7-10-18-40)44-34(48)28-14-13-22-53-28/h6,13-14,22,25-27,29-30,32-33H,1,7-12,15-21,23-24H2,2-5H3,(H,42,50)(H,43,49)(H,44,48)(H,45,51)/t26-,27?,29-,30-,32+,33+/m0/s1. The number of rotatable bonds is 15. The second-order valence-electron chi connectivity index (χ2n) is 17.7. The molecule has 5 aliphatic rings. The number of hydrogen-bond donors (Lipinski definition) is 4. The van der Waals surface area contributed by atoms with Crippen molar-refractivity contribution in [2.45, 2.75) is 135 Å². The second kappa shape index (κ2) is 15.7. The molecule has 1 aliphatic heterocycles. The monoisotopic (exact) mass is 749 g/mol. The van der Waals surface area contributed by atoms with Crippen LogP contribution in [-0.4, -0.2) is 77.5 Å². The molecule has 5 amide bonds. The number of likely N-dealkylation sites (tertiary alicyclic amines) is 1. The molecule has 1 unspecified atom stereocenters. The molecule has 290 valence electrons. The Labute approximate surface area is 318 Å². The zero-order valence-electron chi connectivity index (χ0n) is 32.0. The van der Waals surface area contributed by atoms with Gasteiger partial charge in [-0.05, 0) is 77.5 Å². The summed E-state index contributed by atoms with van der Waals surface area (Å²) in [5.41, 5.74) is -1.23. The number of thiophene rings is 1. The number of carbonyl (C=O) groups is 6. The molecule has 12 heteroatoms. The Morgan fingerprint density at radius 3 is 2.08 bits per heavy atom. The van der Waals surface area contributed by atoms with Crippen LogP contribution in [0, 0.1) is 34.0 Å². The van der Waals surface area contributed by atoms with E-state index in [-0.39, 0.29) is 47.4 Å². The number of ketones is 1. The number of Topliss-reactive ketones (excluding diaryl/α,β-unsaturated/α-hetero) is 1. The molecule has 11 nitrogen and oxygen atoms in total. The van der Waals surface area contributed by atoms with Crippen LogP contribution in [0.4, 0.5) is 0 Å². The summed E-state index contributed by atoms with van der Waals surface area (Å²) in [6, 6.07) is -0.0289. The summed E-state index contributed by atoms with van der Waals surface area (Å²) in [6.45, 7) is 12.5. The molecule has 4 saturated carbocycles. The molecule has 0 aromatic carbocycles. The number of fused-ring (bicyclic) bond motifs is 1. The minimum absolute atomic E-state index is 0.0881. The summed E-state index contributed by atoms with van der Waals surface area (Å²) < 4.78 is 0. The quantitative estimate of drug-likeness (QED) is 0.148. The van der Waals surface area contributed by atoms with E-state index in [1.165, 1.54) is 17.4 Å². The molecule has 6 atom stereocenters. The van der Waals surface area contributed by atoms with E-state index < -0.39 is 52.6 Å². The molecule has 0 spiro atoms. The fourth-order valence-electron chi connectivity index (χ4n) is 9.79. The van der Waals surface area contributed by atoms with Gasteiger partial charge in [0.15, 0.2) is 0 Å². The first-order valence-corrected chi connectivity index (χ1v) is 20.8. The van der Waals surface area contributed by atoms with Gasteiger partial charge in [0.05, 0.1) is 10.9 Å². The lowest BCUT2D eigenvalue weighted by Crippen LogP contribution is -2.64. The molecule has 1 saturated heterocycles. The van der Waals surface area contributed by atoms with Gasteiger partial charge in [-0.1, -0.05) is 91.2 Å². The van der Waals surface area contributed by atoms with Crippen LogP contribution < -0.4 is 21.3 Å². The lowest BCUT2D eigenvalue weighted by Gasteiger charge is -2.45. The van der Waals surface area contributed by atoms with Crippen molar-refractivity contribution in [1.82, 2.24) is 26.2 Å². The fourth-order valence-corrected chi connectivity index (χ4v) is 10.4. The van der Waals surface area contributed by atoms with Crippen molar-refractivity contribution in [3.8, 4) is 0 Å². The third-order valence-corrected chi connectivity index (χ3v) is 14.4. The van der Waals surface area contributed by atoms with E-state index >= 15 is 4.79 Å². The fraction of sp³-hybridized carbons (Fsp3) is 0.707. The molecule has 2 heterocycles. The second-order valence-corrected chi connectivity index (χ2v) is 18.7. The van der Waals surface area contributed by atoms with Crippen LogP contribution >= 0.6 is 11.3 Å². The smallest absolute Gasteiger partial charge is 0.289 e. The van der Waals surface area contributed by atoms with Crippen LogP contribution in [0.5, 0.6) is 0 Å². The summed E-state index contributed by atoms with van der Waals surface area (Å²) in [5.74, 6) is -2.62. The number of nitrogens with zero attached hydrogens (tertiary/aromatic N) is 1. The number of piperidine rings is 1. The van der Waals surface area contributed by atoms with Crippen LogP contribution in [0.25, 0.3) is 0 Å². The van der Waals surface area contributed by atoms with Gasteiger partial charge in [-0.3, -0.25) is 28.8 Å². The van der Waals surface area contributed by atoms with E-state index in [0.717, 1.165) is 77.0 Å². The van der Waals surface area contributed by atoms with Crippen molar-refractivity contribution >= 4 is 46.7 Å². The largest absolute Gasteiger partial charge is 0.346 e. The maximum absolute atomic E-state index is 15.1. The first kappa shape index (κ1) is 39.2. The Bertz CT molecular complexity index is 1570. The highest BCUT2D eigenvalue weighted by molar-refractivity contribution is 7.12. The average molecular weight is 750 g/mol. The number of nitrogens with one attached hydrogen (secondary N) is 4. The number of hydrogen-bond acceptors (Lipinski definition) is 7. The average Bonchev–Trinajstić information content (AvgIpc) is 3.83. The maximum atomic E-state index is 15.1. The molecular formula is C41H59N5O6S. The van der Waals surface area contributed by atoms with Crippen molar-refractivity contribution in [2.75, 3.05) is 13.1 Å². The molecule has 4 N–H and O–H groups in total. The van der Waals surface area contributed by atoms with Gasteiger partial charge in [0.1, 0.15) is 18.1 Å². The molecule has 5 fully saturated rings. The Morgan fingerprint density at radius 1 is 0.887 bits per heavy atom. The van der Waals surface area contributed by atoms with Crippen molar-refractivity contribution in [2.24, 2.45) is 34.0 Å². The van der Waals surface area contributed by atoms with Crippen LogP contribution in [-0.2, 0) is 24.0 Å². The van der Waals surface area contributed by atoms with E-state index in [2.05, 4.69) is 55.5 Å². The van der Waals surface area contributed by atoms with Crippen molar-refractivity contribution in [3.05, 3.63) is 35.0 Å². The highest BCUT2D eigenvalue weighted by Crippen LogP contribution is 2.65. The van der Waals surface area contributed by atoms with Gasteiger partial charge < -0.3 is 26.2 Å². The van der Waals surface area contributed by atoms with Gasteiger partial charge >= 0.3 is 0 Å². The zero-order valence-corrected chi connectivity index (χ0v) is 32.8. The molecule has 4 aliphatic carbocycles. The minimum Gasteiger partial charge on any atom is -0.346 e. The van der Waals surface area contributed by atoms with Gasteiger partial charge in [-0.25, -0.2) is 0 Å². The summed E-state index contributed by atoms with van der Waals surface area (Å²) in [7, 11) is 0. The van der Waals surface area contributed by atoms with Crippen LogP contribution in [0.1, 0.15) is 121 Å². The summed E-state index contributed by atoms with van der Waals surface area (Å²) >= 11 is 1.32. The van der Waals surface area contributed by atoms with Crippen molar-refractivity contribution in [1.29, 1.82) is 0 Å². The van der Waals surface area contributed by atoms with Crippen molar-refractivity contribution < 1.29 is 28.8 Å². The first-order valence-electron chi connectivity index (χ1n) is 19.9. The Morgan fingerprint density at radius 2 is 1.51 bits per heavy atom. The van der Waals surface area contributed by atoms with Gasteiger partial charge in [0, 0.05) is 13.1 Å².